The van der Waals surface area contributed by atoms with Crippen LogP contribution in [0.2, 0.25) is 0 Å². The minimum atomic E-state index is -0.0164. The Morgan fingerprint density at radius 2 is 2.05 bits per heavy atom. The first-order valence-electron chi connectivity index (χ1n) is 6.61. The van der Waals surface area contributed by atoms with E-state index in [4.69, 9.17) is 5.73 Å². The second-order valence-corrected chi connectivity index (χ2v) is 5.11. The topological polar surface area (TPSA) is 72.9 Å². The number of amides is 1. The van der Waals surface area contributed by atoms with Crippen molar-refractivity contribution in [3.05, 3.63) is 41.6 Å². The highest BCUT2D eigenvalue weighted by molar-refractivity contribution is 5.90. The van der Waals surface area contributed by atoms with Crippen LogP contribution in [-0.2, 0) is 11.8 Å². The molecule has 1 aromatic heterocycles. The second-order valence-electron chi connectivity index (χ2n) is 5.11. The molecule has 1 unspecified atom stereocenters. The lowest BCUT2D eigenvalue weighted by molar-refractivity contribution is -0.116. The summed E-state index contributed by atoms with van der Waals surface area (Å²) in [7, 11) is 1.81. The van der Waals surface area contributed by atoms with Crippen LogP contribution in [0.1, 0.15) is 30.5 Å². The highest BCUT2D eigenvalue weighted by Gasteiger charge is 2.13. The van der Waals surface area contributed by atoms with E-state index in [0.29, 0.717) is 6.42 Å². The van der Waals surface area contributed by atoms with E-state index in [2.05, 4.69) is 10.4 Å². The number of carbonyl (C=O) groups is 1. The Morgan fingerprint density at radius 1 is 1.40 bits per heavy atom. The molecule has 1 atom stereocenters. The number of aryl methyl sites for hydroxylation is 2. The lowest BCUT2D eigenvalue weighted by Crippen LogP contribution is -2.16. The number of anilines is 2. The molecule has 0 saturated carbocycles. The Kier molecular flexibility index (Phi) is 4.08. The van der Waals surface area contributed by atoms with Crippen molar-refractivity contribution in [3.63, 3.8) is 0 Å². The number of nitrogens with one attached hydrogen (secondary N) is 1. The summed E-state index contributed by atoms with van der Waals surface area (Å²) in [5, 5.41) is 7.08. The molecule has 0 saturated heterocycles. The van der Waals surface area contributed by atoms with Gasteiger partial charge in [-0.1, -0.05) is 19.1 Å². The lowest BCUT2D eigenvalue weighted by atomic mass is 9.97. The first-order valence-corrected chi connectivity index (χ1v) is 6.61. The fourth-order valence-corrected chi connectivity index (χ4v) is 2.14. The number of rotatable bonds is 4. The number of nitrogens with two attached hydrogens (primary N) is 1. The number of benzene rings is 1. The summed E-state index contributed by atoms with van der Waals surface area (Å²) in [6.07, 6.45) is 0.425. The Labute approximate surface area is 118 Å². The minimum absolute atomic E-state index is 0.0164. The van der Waals surface area contributed by atoms with Crippen LogP contribution in [0.4, 0.5) is 11.5 Å². The number of aromatic nitrogens is 2. The molecule has 0 aliphatic carbocycles. The van der Waals surface area contributed by atoms with E-state index >= 15 is 0 Å². The maximum absolute atomic E-state index is 12.0. The maximum atomic E-state index is 12.0. The van der Waals surface area contributed by atoms with Gasteiger partial charge < -0.3 is 11.1 Å². The van der Waals surface area contributed by atoms with E-state index in [-0.39, 0.29) is 11.8 Å². The lowest BCUT2D eigenvalue weighted by Gasteiger charge is -2.12. The van der Waals surface area contributed by atoms with Crippen LogP contribution >= 0.6 is 0 Å². The molecule has 0 fully saturated rings. The summed E-state index contributed by atoms with van der Waals surface area (Å²) < 4.78 is 1.67. The van der Waals surface area contributed by atoms with E-state index in [9.17, 15) is 4.79 Å². The van der Waals surface area contributed by atoms with Crippen LogP contribution in [0.25, 0.3) is 0 Å². The zero-order valence-electron chi connectivity index (χ0n) is 12.1. The predicted molar refractivity (Wildman–Crippen MR) is 80.5 cm³/mol. The first-order chi connectivity index (χ1) is 9.45. The second kappa shape index (κ2) is 5.77. The normalized spacial score (nSPS) is 12.2. The average Bonchev–Trinajstić information content (AvgIpc) is 2.68. The van der Waals surface area contributed by atoms with E-state index < -0.39 is 0 Å². The van der Waals surface area contributed by atoms with E-state index in [1.165, 1.54) is 0 Å². The van der Waals surface area contributed by atoms with Gasteiger partial charge in [0.1, 0.15) is 5.82 Å². The maximum Gasteiger partial charge on any atom is 0.226 e. The summed E-state index contributed by atoms with van der Waals surface area (Å²) in [6.45, 7) is 3.92. The summed E-state index contributed by atoms with van der Waals surface area (Å²) in [5.41, 5.74) is 8.38. The van der Waals surface area contributed by atoms with Crippen LogP contribution < -0.4 is 11.1 Å². The van der Waals surface area contributed by atoms with Crippen LogP contribution in [0.5, 0.6) is 0 Å². The molecule has 0 radical (unpaired) electrons. The molecule has 2 rings (SSSR count). The zero-order chi connectivity index (χ0) is 14.7. The van der Waals surface area contributed by atoms with E-state index in [1.54, 1.807) is 4.68 Å². The van der Waals surface area contributed by atoms with Gasteiger partial charge in [0.2, 0.25) is 5.91 Å². The van der Waals surface area contributed by atoms with Gasteiger partial charge in [0.25, 0.3) is 0 Å². The van der Waals surface area contributed by atoms with Gasteiger partial charge in [-0.15, -0.1) is 0 Å². The largest absolute Gasteiger partial charge is 0.399 e. The highest BCUT2D eigenvalue weighted by atomic mass is 16.1. The molecule has 20 heavy (non-hydrogen) atoms. The van der Waals surface area contributed by atoms with Crippen molar-refractivity contribution < 1.29 is 4.79 Å². The molecule has 0 spiro atoms. The van der Waals surface area contributed by atoms with Gasteiger partial charge in [0.15, 0.2) is 0 Å². The Hall–Kier alpha value is -2.30. The van der Waals surface area contributed by atoms with Crippen molar-refractivity contribution in [1.29, 1.82) is 0 Å². The molecule has 1 amide bonds. The predicted octanol–water partition coefficient (Wildman–Crippen LogP) is 2.44. The molecule has 1 aromatic carbocycles. The van der Waals surface area contributed by atoms with Crippen molar-refractivity contribution in [2.24, 2.45) is 7.05 Å². The van der Waals surface area contributed by atoms with E-state index in [0.717, 1.165) is 22.8 Å². The number of carbonyl (C=O) groups excluding carboxylic acids is 1. The molecular weight excluding hydrogens is 252 g/mol. The van der Waals surface area contributed by atoms with Gasteiger partial charge in [-0.3, -0.25) is 9.48 Å². The number of nitrogens with zero attached hydrogens (tertiary/aromatic N) is 2. The fraction of sp³-hybridized carbons (Fsp3) is 0.333. The molecular formula is C15H20N4O. The molecule has 2 aromatic rings. The van der Waals surface area contributed by atoms with Gasteiger partial charge in [-0.2, -0.15) is 5.10 Å². The zero-order valence-corrected chi connectivity index (χ0v) is 12.1. The number of hydrogen-bond acceptors (Lipinski definition) is 3. The molecule has 3 N–H and O–H groups in total. The SMILES string of the molecule is Cc1cc(NC(=O)CC(C)c2ccc(N)cc2)n(C)n1. The van der Waals surface area contributed by atoms with Gasteiger partial charge in [0, 0.05) is 25.2 Å². The number of nitrogen functional groups attached to an aromatic ring is 1. The monoisotopic (exact) mass is 272 g/mol. The highest BCUT2D eigenvalue weighted by Crippen LogP contribution is 2.21. The molecule has 0 bridgehead atoms. The quantitative estimate of drug-likeness (QED) is 0.840. The van der Waals surface area contributed by atoms with Crippen molar-refractivity contribution in [1.82, 2.24) is 9.78 Å². The molecule has 106 valence electrons. The third-order valence-electron chi connectivity index (χ3n) is 3.27. The van der Waals surface area contributed by atoms with Gasteiger partial charge in [-0.05, 0) is 30.5 Å². The van der Waals surface area contributed by atoms with Crippen molar-refractivity contribution >= 4 is 17.4 Å². The van der Waals surface area contributed by atoms with Gasteiger partial charge in [0.05, 0.1) is 5.69 Å². The number of hydrogen-bond donors (Lipinski definition) is 2. The Balaban J connectivity index is 1.97. The summed E-state index contributed by atoms with van der Waals surface area (Å²) in [6, 6.07) is 9.48. The van der Waals surface area contributed by atoms with Crippen LogP contribution in [0, 0.1) is 6.92 Å². The third-order valence-corrected chi connectivity index (χ3v) is 3.27. The molecule has 0 aliphatic heterocycles. The summed E-state index contributed by atoms with van der Waals surface area (Å²) >= 11 is 0. The van der Waals surface area contributed by atoms with Crippen molar-refractivity contribution in [2.75, 3.05) is 11.1 Å². The first kappa shape index (κ1) is 14.1. The molecule has 5 nitrogen and oxygen atoms in total. The molecule has 1 heterocycles. The van der Waals surface area contributed by atoms with Crippen LogP contribution in [0.15, 0.2) is 30.3 Å². The standard InChI is InChI=1S/C15H20N4O/c1-10(12-4-6-13(16)7-5-12)8-15(20)17-14-9-11(2)18-19(14)3/h4-7,9-10H,8,16H2,1-3H3,(H,17,20). The summed E-state index contributed by atoms with van der Waals surface area (Å²) in [5.74, 6) is 0.847. The van der Waals surface area contributed by atoms with Crippen LogP contribution in [-0.4, -0.2) is 15.7 Å². The average molecular weight is 272 g/mol. The van der Waals surface area contributed by atoms with Crippen molar-refractivity contribution in [2.45, 2.75) is 26.2 Å². The Morgan fingerprint density at radius 3 is 2.60 bits per heavy atom. The summed E-state index contributed by atoms with van der Waals surface area (Å²) in [4.78, 5) is 12.0. The smallest absolute Gasteiger partial charge is 0.226 e. The van der Waals surface area contributed by atoms with Gasteiger partial charge in [-0.25, -0.2) is 0 Å². The van der Waals surface area contributed by atoms with E-state index in [1.807, 2.05) is 51.2 Å². The van der Waals surface area contributed by atoms with Crippen molar-refractivity contribution in [3.8, 4) is 0 Å². The minimum Gasteiger partial charge on any atom is -0.399 e. The van der Waals surface area contributed by atoms with Gasteiger partial charge >= 0.3 is 0 Å². The molecule has 0 aliphatic rings. The fourth-order valence-electron chi connectivity index (χ4n) is 2.14. The Bertz CT molecular complexity index is 601. The molecule has 5 heteroatoms. The van der Waals surface area contributed by atoms with Crippen LogP contribution in [0.3, 0.4) is 0 Å². The third kappa shape index (κ3) is 3.38.